The number of rotatable bonds is 4. The van der Waals surface area contributed by atoms with E-state index < -0.39 is 17.9 Å². The first-order chi connectivity index (χ1) is 9.96. The fraction of sp³-hybridized carbons (Fsp3) is 0.429. The molecule has 7 heteroatoms. The lowest BCUT2D eigenvalue weighted by Crippen LogP contribution is -2.58. The van der Waals surface area contributed by atoms with Crippen molar-refractivity contribution in [3.8, 4) is 0 Å². The number of nitrogens with zero attached hydrogens (tertiary/aromatic N) is 2. The molecule has 1 saturated heterocycles. The molecule has 2 heterocycles. The van der Waals surface area contributed by atoms with Crippen LogP contribution in [0.1, 0.15) is 36.3 Å². The van der Waals surface area contributed by atoms with Crippen molar-refractivity contribution in [3.05, 3.63) is 23.4 Å². The molecule has 1 aliphatic rings. The standard InChI is InChI=1S/C14H17N3O4/c1-3-9-5-8(14(20)21)6-11(15-9)17-7-12(18)16-13(19)10(17)4-2/h5-6,10H,3-4,7H2,1-2H3,(H,20,21)(H,16,18,19). The zero-order chi connectivity index (χ0) is 15.6. The number of imide groups is 1. The smallest absolute Gasteiger partial charge is 0.335 e. The Hall–Kier alpha value is -2.44. The molecule has 1 atom stereocenters. The molecule has 1 aliphatic heterocycles. The van der Waals surface area contributed by atoms with Gasteiger partial charge in [0.1, 0.15) is 11.9 Å². The number of pyridine rings is 1. The number of nitrogens with one attached hydrogen (secondary N) is 1. The molecule has 0 aromatic carbocycles. The molecule has 0 spiro atoms. The second-order valence-corrected chi connectivity index (χ2v) is 4.83. The van der Waals surface area contributed by atoms with Crippen molar-refractivity contribution in [2.45, 2.75) is 32.7 Å². The van der Waals surface area contributed by atoms with Crippen molar-refractivity contribution in [1.82, 2.24) is 10.3 Å². The molecule has 2 N–H and O–H groups in total. The van der Waals surface area contributed by atoms with Gasteiger partial charge >= 0.3 is 5.97 Å². The van der Waals surface area contributed by atoms with Crippen LogP contribution in [-0.4, -0.2) is 40.5 Å². The molecule has 0 saturated carbocycles. The van der Waals surface area contributed by atoms with Gasteiger partial charge in [0.2, 0.25) is 11.8 Å². The van der Waals surface area contributed by atoms with E-state index in [1.807, 2.05) is 13.8 Å². The van der Waals surface area contributed by atoms with Gasteiger partial charge in [-0.15, -0.1) is 0 Å². The number of aromatic carboxylic acids is 1. The van der Waals surface area contributed by atoms with Gasteiger partial charge in [-0.3, -0.25) is 14.9 Å². The van der Waals surface area contributed by atoms with Gasteiger partial charge in [0.25, 0.3) is 0 Å². The Morgan fingerprint density at radius 1 is 1.43 bits per heavy atom. The summed E-state index contributed by atoms with van der Waals surface area (Å²) in [4.78, 5) is 40.6. The summed E-state index contributed by atoms with van der Waals surface area (Å²) in [5.41, 5.74) is 0.711. The second-order valence-electron chi connectivity index (χ2n) is 4.83. The average molecular weight is 291 g/mol. The van der Waals surface area contributed by atoms with E-state index in [0.29, 0.717) is 24.4 Å². The van der Waals surface area contributed by atoms with Crippen LogP contribution in [0.5, 0.6) is 0 Å². The Morgan fingerprint density at radius 3 is 2.71 bits per heavy atom. The summed E-state index contributed by atoms with van der Waals surface area (Å²) in [6, 6.07) is 2.37. The highest BCUT2D eigenvalue weighted by Gasteiger charge is 2.33. The summed E-state index contributed by atoms with van der Waals surface area (Å²) >= 11 is 0. The van der Waals surface area contributed by atoms with Gasteiger partial charge in [0.05, 0.1) is 12.1 Å². The molecule has 1 unspecified atom stereocenters. The van der Waals surface area contributed by atoms with Crippen LogP contribution in [0.15, 0.2) is 12.1 Å². The van der Waals surface area contributed by atoms with Crippen molar-refractivity contribution < 1.29 is 19.5 Å². The number of carbonyl (C=O) groups excluding carboxylic acids is 2. The van der Waals surface area contributed by atoms with Crippen LogP contribution >= 0.6 is 0 Å². The van der Waals surface area contributed by atoms with Gasteiger partial charge in [-0.05, 0) is 25.0 Å². The van der Waals surface area contributed by atoms with Crippen LogP contribution in [-0.2, 0) is 16.0 Å². The molecule has 2 amide bonds. The molecule has 1 aromatic rings. The zero-order valence-electron chi connectivity index (χ0n) is 11.9. The number of aromatic nitrogens is 1. The summed E-state index contributed by atoms with van der Waals surface area (Å²) in [6.45, 7) is 3.68. The first-order valence-corrected chi connectivity index (χ1v) is 6.80. The van der Waals surface area contributed by atoms with Gasteiger partial charge in [-0.1, -0.05) is 13.8 Å². The third-order valence-corrected chi connectivity index (χ3v) is 3.41. The highest BCUT2D eigenvalue weighted by atomic mass is 16.4. The molecule has 1 fully saturated rings. The number of anilines is 1. The molecule has 21 heavy (non-hydrogen) atoms. The van der Waals surface area contributed by atoms with E-state index in [1.54, 1.807) is 4.90 Å². The molecule has 2 rings (SSSR count). The maximum absolute atomic E-state index is 11.9. The number of carboxylic acid groups (broad SMARTS) is 1. The summed E-state index contributed by atoms with van der Waals surface area (Å²) in [5, 5.41) is 11.4. The van der Waals surface area contributed by atoms with E-state index in [0.717, 1.165) is 0 Å². The number of piperazine rings is 1. The predicted octanol–water partition coefficient (Wildman–Crippen LogP) is 0.584. The molecule has 112 valence electrons. The van der Waals surface area contributed by atoms with E-state index in [4.69, 9.17) is 5.11 Å². The van der Waals surface area contributed by atoms with Crippen LogP contribution in [0.4, 0.5) is 5.82 Å². The van der Waals surface area contributed by atoms with Crippen molar-refractivity contribution in [2.24, 2.45) is 0 Å². The van der Waals surface area contributed by atoms with Crippen LogP contribution in [0.3, 0.4) is 0 Å². The van der Waals surface area contributed by atoms with E-state index in [-0.39, 0.29) is 18.0 Å². The molecule has 0 radical (unpaired) electrons. The molecule has 0 aliphatic carbocycles. The maximum Gasteiger partial charge on any atom is 0.335 e. The molecule has 7 nitrogen and oxygen atoms in total. The minimum absolute atomic E-state index is 0.0104. The number of aryl methyl sites for hydroxylation is 1. The van der Waals surface area contributed by atoms with Gasteiger partial charge < -0.3 is 10.0 Å². The highest BCUT2D eigenvalue weighted by Crippen LogP contribution is 2.21. The summed E-state index contributed by atoms with van der Waals surface area (Å²) in [7, 11) is 0. The summed E-state index contributed by atoms with van der Waals surface area (Å²) in [6.07, 6.45) is 1.07. The van der Waals surface area contributed by atoms with Crippen LogP contribution in [0.2, 0.25) is 0 Å². The average Bonchev–Trinajstić information content (AvgIpc) is 2.45. The van der Waals surface area contributed by atoms with E-state index in [2.05, 4.69) is 10.3 Å². The zero-order valence-corrected chi connectivity index (χ0v) is 11.9. The Bertz CT molecular complexity index is 600. The monoisotopic (exact) mass is 291 g/mol. The molecule has 1 aromatic heterocycles. The molecular formula is C14H17N3O4. The molecular weight excluding hydrogens is 274 g/mol. The SMILES string of the molecule is CCc1cc(C(=O)O)cc(N2CC(=O)NC(=O)C2CC)n1. The van der Waals surface area contributed by atoms with Crippen LogP contribution in [0.25, 0.3) is 0 Å². The van der Waals surface area contributed by atoms with Crippen LogP contribution in [0, 0.1) is 0 Å². The number of amides is 2. The Morgan fingerprint density at radius 2 is 2.14 bits per heavy atom. The number of hydrogen-bond donors (Lipinski definition) is 2. The largest absolute Gasteiger partial charge is 0.478 e. The second kappa shape index (κ2) is 5.90. The Kier molecular flexibility index (Phi) is 4.21. The van der Waals surface area contributed by atoms with Gasteiger partial charge in [0, 0.05) is 5.69 Å². The van der Waals surface area contributed by atoms with Gasteiger partial charge in [0.15, 0.2) is 0 Å². The first kappa shape index (κ1) is 15.0. The third-order valence-electron chi connectivity index (χ3n) is 3.41. The van der Waals surface area contributed by atoms with Crippen LogP contribution < -0.4 is 10.2 Å². The van der Waals surface area contributed by atoms with Crippen molar-refractivity contribution in [2.75, 3.05) is 11.4 Å². The number of hydrogen-bond acceptors (Lipinski definition) is 5. The van der Waals surface area contributed by atoms with E-state index in [1.165, 1.54) is 12.1 Å². The third kappa shape index (κ3) is 3.01. The summed E-state index contributed by atoms with van der Waals surface area (Å²) < 4.78 is 0. The minimum atomic E-state index is -1.06. The number of carboxylic acids is 1. The lowest BCUT2D eigenvalue weighted by Gasteiger charge is -2.34. The quantitative estimate of drug-likeness (QED) is 0.787. The van der Waals surface area contributed by atoms with Gasteiger partial charge in [-0.2, -0.15) is 0 Å². The van der Waals surface area contributed by atoms with Crippen molar-refractivity contribution in [3.63, 3.8) is 0 Å². The fourth-order valence-corrected chi connectivity index (χ4v) is 2.34. The fourth-order valence-electron chi connectivity index (χ4n) is 2.34. The van der Waals surface area contributed by atoms with Gasteiger partial charge in [-0.25, -0.2) is 9.78 Å². The Labute approximate surface area is 122 Å². The van der Waals surface area contributed by atoms with Crippen molar-refractivity contribution >= 4 is 23.6 Å². The summed E-state index contributed by atoms with van der Waals surface area (Å²) in [5.74, 6) is -1.50. The lowest BCUT2D eigenvalue weighted by atomic mass is 10.1. The van der Waals surface area contributed by atoms with E-state index >= 15 is 0 Å². The number of carbonyl (C=O) groups is 3. The van der Waals surface area contributed by atoms with Crippen molar-refractivity contribution in [1.29, 1.82) is 0 Å². The minimum Gasteiger partial charge on any atom is -0.478 e. The van der Waals surface area contributed by atoms with E-state index in [9.17, 15) is 14.4 Å². The Balaban J connectivity index is 2.47. The highest BCUT2D eigenvalue weighted by molar-refractivity contribution is 6.04. The lowest BCUT2D eigenvalue weighted by molar-refractivity contribution is -0.132. The topological polar surface area (TPSA) is 99.6 Å². The normalized spacial score (nSPS) is 18.6. The predicted molar refractivity (Wildman–Crippen MR) is 75.1 cm³/mol. The first-order valence-electron chi connectivity index (χ1n) is 6.80. The molecule has 0 bridgehead atoms. The maximum atomic E-state index is 11.9.